The van der Waals surface area contributed by atoms with E-state index in [1.165, 1.54) is 6.20 Å². The highest BCUT2D eigenvalue weighted by Crippen LogP contribution is 2.33. The number of benzene rings is 1. The molecule has 0 unspecified atom stereocenters. The van der Waals surface area contributed by atoms with Crippen molar-refractivity contribution in [1.29, 1.82) is 0 Å². The van der Waals surface area contributed by atoms with Gasteiger partial charge in [-0.3, -0.25) is 4.98 Å². The molecule has 0 aliphatic carbocycles. The summed E-state index contributed by atoms with van der Waals surface area (Å²) in [6.45, 7) is 1.67. The van der Waals surface area contributed by atoms with Crippen molar-refractivity contribution in [2.24, 2.45) is 0 Å². The van der Waals surface area contributed by atoms with Crippen LogP contribution in [0.4, 0.5) is 4.39 Å². The third-order valence-corrected chi connectivity index (χ3v) is 2.90. The van der Waals surface area contributed by atoms with Crippen LogP contribution in [-0.4, -0.2) is 4.98 Å². The molecule has 0 aliphatic heterocycles. The molecule has 2 rings (SSSR count). The van der Waals surface area contributed by atoms with Crippen LogP contribution >= 0.6 is 23.2 Å². The second-order valence-corrected chi connectivity index (χ2v) is 4.23. The van der Waals surface area contributed by atoms with Gasteiger partial charge in [0.25, 0.3) is 0 Å². The minimum absolute atomic E-state index is 0.341. The first-order valence-corrected chi connectivity index (χ1v) is 5.41. The van der Waals surface area contributed by atoms with E-state index >= 15 is 0 Å². The number of aryl methyl sites for hydroxylation is 1. The van der Waals surface area contributed by atoms with Gasteiger partial charge < -0.3 is 0 Å². The van der Waals surface area contributed by atoms with E-state index in [2.05, 4.69) is 4.98 Å². The molecule has 0 spiro atoms. The Bertz CT molecular complexity index is 520. The molecule has 0 saturated heterocycles. The fraction of sp³-hybridized carbons (Fsp3) is 0.0833. The molecule has 16 heavy (non-hydrogen) atoms. The lowest BCUT2D eigenvalue weighted by Crippen LogP contribution is -1.90. The van der Waals surface area contributed by atoms with Crippen molar-refractivity contribution < 1.29 is 4.39 Å². The number of hydrogen-bond donors (Lipinski definition) is 0. The zero-order valence-corrected chi connectivity index (χ0v) is 9.98. The summed E-state index contributed by atoms with van der Waals surface area (Å²) in [5.74, 6) is -0.341. The molecule has 0 atom stereocenters. The number of rotatable bonds is 1. The normalized spacial score (nSPS) is 10.5. The highest BCUT2D eigenvalue weighted by atomic mass is 35.5. The van der Waals surface area contributed by atoms with Crippen molar-refractivity contribution in [3.05, 3.63) is 51.9 Å². The Kier molecular flexibility index (Phi) is 3.13. The lowest BCUT2D eigenvalue weighted by atomic mass is 10.1. The molecule has 1 aromatic heterocycles. The van der Waals surface area contributed by atoms with Gasteiger partial charge in [-0.05, 0) is 30.7 Å². The third-order valence-electron chi connectivity index (χ3n) is 2.27. The van der Waals surface area contributed by atoms with Crippen molar-refractivity contribution in [2.75, 3.05) is 0 Å². The largest absolute Gasteiger partial charge is 0.253 e. The molecular weight excluding hydrogens is 248 g/mol. The van der Waals surface area contributed by atoms with Crippen molar-refractivity contribution in [2.45, 2.75) is 6.92 Å². The molecule has 0 amide bonds. The van der Waals surface area contributed by atoms with Crippen molar-refractivity contribution >= 4 is 23.2 Å². The van der Waals surface area contributed by atoms with Crippen LogP contribution < -0.4 is 0 Å². The quantitative estimate of drug-likeness (QED) is 0.731. The fourth-order valence-corrected chi connectivity index (χ4v) is 2.01. The smallest absolute Gasteiger partial charge is 0.144 e. The lowest BCUT2D eigenvalue weighted by molar-refractivity contribution is 0.612. The van der Waals surface area contributed by atoms with Gasteiger partial charge >= 0.3 is 0 Å². The summed E-state index contributed by atoms with van der Waals surface area (Å²) in [6.07, 6.45) is 1.17. The predicted molar refractivity (Wildman–Crippen MR) is 64.4 cm³/mol. The summed E-state index contributed by atoms with van der Waals surface area (Å²) in [5.41, 5.74) is 1.73. The van der Waals surface area contributed by atoms with E-state index in [1.807, 2.05) is 0 Å². The third kappa shape index (κ3) is 2.04. The zero-order valence-electron chi connectivity index (χ0n) is 8.47. The van der Waals surface area contributed by atoms with E-state index in [-0.39, 0.29) is 5.82 Å². The van der Waals surface area contributed by atoms with Crippen LogP contribution in [0.15, 0.2) is 30.5 Å². The summed E-state index contributed by atoms with van der Waals surface area (Å²) in [7, 11) is 0. The molecule has 0 radical (unpaired) electrons. The Balaban J connectivity index is 2.63. The average molecular weight is 256 g/mol. The maximum atomic E-state index is 13.1. The van der Waals surface area contributed by atoms with Gasteiger partial charge in [0.2, 0.25) is 0 Å². The summed E-state index contributed by atoms with van der Waals surface area (Å²) >= 11 is 12.1. The van der Waals surface area contributed by atoms with Crippen LogP contribution in [0.5, 0.6) is 0 Å². The summed E-state index contributed by atoms with van der Waals surface area (Å²) in [6, 6.07) is 6.83. The van der Waals surface area contributed by atoms with E-state index in [0.29, 0.717) is 26.9 Å². The Morgan fingerprint density at radius 3 is 2.38 bits per heavy atom. The minimum atomic E-state index is -0.341. The molecule has 0 bridgehead atoms. The fourth-order valence-electron chi connectivity index (χ4n) is 1.42. The Hall–Kier alpha value is -1.12. The van der Waals surface area contributed by atoms with Gasteiger partial charge in [-0.25, -0.2) is 4.39 Å². The number of hydrogen-bond acceptors (Lipinski definition) is 1. The average Bonchev–Trinajstić information content (AvgIpc) is 2.23. The van der Waals surface area contributed by atoms with Crippen molar-refractivity contribution in [3.63, 3.8) is 0 Å². The molecule has 0 saturated carbocycles. The molecule has 4 heteroatoms. The van der Waals surface area contributed by atoms with Crippen molar-refractivity contribution in [3.8, 4) is 11.3 Å². The molecule has 2 aromatic rings. The van der Waals surface area contributed by atoms with E-state index in [4.69, 9.17) is 23.2 Å². The van der Waals surface area contributed by atoms with Gasteiger partial charge in [-0.15, -0.1) is 0 Å². The van der Waals surface area contributed by atoms with E-state index < -0.39 is 0 Å². The maximum Gasteiger partial charge on any atom is 0.144 e. The van der Waals surface area contributed by atoms with Crippen LogP contribution in [-0.2, 0) is 0 Å². The summed E-state index contributed by atoms with van der Waals surface area (Å²) in [5, 5.41) is 1.01. The molecule has 82 valence electrons. The second kappa shape index (κ2) is 4.40. The molecule has 0 fully saturated rings. The Morgan fingerprint density at radius 2 is 1.81 bits per heavy atom. The van der Waals surface area contributed by atoms with Gasteiger partial charge in [-0.2, -0.15) is 0 Å². The Morgan fingerprint density at radius 1 is 1.19 bits per heavy atom. The zero-order chi connectivity index (χ0) is 11.7. The number of pyridine rings is 1. The van der Waals surface area contributed by atoms with Gasteiger partial charge in [0.05, 0.1) is 21.9 Å². The Labute approximate surface area is 103 Å². The maximum absolute atomic E-state index is 13.1. The van der Waals surface area contributed by atoms with E-state index in [1.54, 1.807) is 31.2 Å². The van der Waals surface area contributed by atoms with Crippen LogP contribution in [0.25, 0.3) is 11.3 Å². The highest BCUT2D eigenvalue weighted by molar-refractivity contribution is 6.39. The van der Waals surface area contributed by atoms with Crippen LogP contribution in [0.1, 0.15) is 5.56 Å². The van der Waals surface area contributed by atoms with Crippen LogP contribution in [0.3, 0.4) is 0 Å². The van der Waals surface area contributed by atoms with Crippen LogP contribution in [0, 0.1) is 12.7 Å². The summed E-state index contributed by atoms with van der Waals surface area (Å²) < 4.78 is 13.1. The standard InChI is InChI=1S/C12H8Cl2FN/c1-7-5-11(16-6-10(7)15)12-8(13)3-2-4-9(12)14/h2-6H,1H3. The molecular formula is C12H8Cl2FN. The highest BCUT2D eigenvalue weighted by Gasteiger charge is 2.10. The van der Waals surface area contributed by atoms with Gasteiger partial charge in [-0.1, -0.05) is 29.3 Å². The van der Waals surface area contributed by atoms with E-state index in [9.17, 15) is 4.39 Å². The van der Waals surface area contributed by atoms with Crippen LogP contribution in [0.2, 0.25) is 10.0 Å². The first-order chi connectivity index (χ1) is 7.59. The second-order valence-electron chi connectivity index (χ2n) is 3.42. The van der Waals surface area contributed by atoms with Crippen molar-refractivity contribution in [1.82, 2.24) is 4.98 Å². The van der Waals surface area contributed by atoms with Gasteiger partial charge in [0.1, 0.15) is 5.82 Å². The molecule has 1 heterocycles. The van der Waals surface area contributed by atoms with Gasteiger partial charge in [0.15, 0.2) is 0 Å². The number of aromatic nitrogens is 1. The first-order valence-electron chi connectivity index (χ1n) is 4.66. The van der Waals surface area contributed by atoms with Gasteiger partial charge in [0, 0.05) is 5.56 Å². The predicted octanol–water partition coefficient (Wildman–Crippen LogP) is 4.50. The molecule has 0 aliphatic rings. The monoisotopic (exact) mass is 255 g/mol. The lowest BCUT2D eigenvalue weighted by Gasteiger charge is -2.07. The topological polar surface area (TPSA) is 12.9 Å². The van der Waals surface area contributed by atoms with E-state index in [0.717, 1.165) is 0 Å². The molecule has 1 nitrogen and oxygen atoms in total. The molecule has 0 N–H and O–H groups in total. The first kappa shape index (κ1) is 11.4. The minimum Gasteiger partial charge on any atom is -0.253 e. The SMILES string of the molecule is Cc1cc(-c2c(Cl)cccc2Cl)ncc1F. The number of halogens is 3. The molecule has 1 aromatic carbocycles. The number of nitrogens with zero attached hydrogens (tertiary/aromatic N) is 1. The summed E-state index contributed by atoms with van der Waals surface area (Å²) in [4.78, 5) is 3.99.